The molecular weight excluding hydrogens is 533 g/mol. The molecule has 2 unspecified atom stereocenters. The Morgan fingerprint density at radius 2 is 1.77 bits per heavy atom. The highest BCUT2D eigenvalue weighted by atomic mass is 19.4. The van der Waals surface area contributed by atoms with Gasteiger partial charge < -0.3 is 14.9 Å². The zero-order valence-corrected chi connectivity index (χ0v) is 21.0. The standard InChI is InChI=1S/C23H20F4N2O2.C4H7F3O/c1-31-20-8-7-15(24)12-17(20)21(9-10-21)13-22(30,23(25,26)27)14-29-19-6-2-5-18-16(19)4-3-11-28-18;1-3(8)2-4(5,6)7/h2-8,11-12,14,30H,9-10,13H2,1H3;3,8H,2H2,1H3/b29-14-;. The third-order valence-corrected chi connectivity index (χ3v) is 6.25. The van der Waals surface area contributed by atoms with Crippen LogP contribution in [0.15, 0.2) is 59.7 Å². The number of hydrogen-bond donors (Lipinski definition) is 2. The molecule has 0 radical (unpaired) electrons. The molecule has 1 heterocycles. The van der Waals surface area contributed by atoms with Crippen LogP contribution in [0.5, 0.6) is 5.75 Å². The number of halogens is 7. The van der Waals surface area contributed by atoms with Crippen LogP contribution in [0.2, 0.25) is 0 Å². The molecule has 0 bridgehead atoms. The van der Waals surface area contributed by atoms with Gasteiger partial charge in [0.2, 0.25) is 0 Å². The van der Waals surface area contributed by atoms with Crippen LogP contribution in [0.3, 0.4) is 0 Å². The molecule has 12 heteroatoms. The van der Waals surface area contributed by atoms with E-state index < -0.39 is 48.1 Å². The van der Waals surface area contributed by atoms with Gasteiger partial charge in [0.15, 0.2) is 5.60 Å². The van der Waals surface area contributed by atoms with E-state index in [0.717, 1.165) is 6.92 Å². The zero-order valence-electron chi connectivity index (χ0n) is 21.0. The number of rotatable bonds is 7. The number of aliphatic hydroxyl groups excluding tert-OH is 1. The number of ether oxygens (including phenoxy) is 1. The van der Waals surface area contributed by atoms with E-state index in [2.05, 4.69) is 9.98 Å². The molecule has 4 rings (SSSR count). The highest BCUT2D eigenvalue weighted by Crippen LogP contribution is 2.57. The molecule has 1 aliphatic carbocycles. The van der Waals surface area contributed by atoms with Gasteiger partial charge in [0.05, 0.1) is 30.8 Å². The molecule has 1 aliphatic rings. The van der Waals surface area contributed by atoms with Crippen molar-refractivity contribution in [1.29, 1.82) is 0 Å². The number of nitrogens with zero attached hydrogens (tertiary/aromatic N) is 2. The van der Waals surface area contributed by atoms with Gasteiger partial charge in [-0.25, -0.2) is 4.39 Å². The summed E-state index contributed by atoms with van der Waals surface area (Å²) < 4.78 is 94.5. The van der Waals surface area contributed by atoms with Crippen LogP contribution in [0.25, 0.3) is 10.9 Å². The summed E-state index contributed by atoms with van der Waals surface area (Å²) in [5.41, 5.74) is -3.09. The van der Waals surface area contributed by atoms with Crippen molar-refractivity contribution in [2.45, 2.75) is 62.1 Å². The lowest BCUT2D eigenvalue weighted by atomic mass is 9.82. The number of aromatic nitrogens is 1. The largest absolute Gasteiger partial charge is 0.496 e. The molecule has 2 N–H and O–H groups in total. The lowest BCUT2D eigenvalue weighted by Gasteiger charge is -2.31. The van der Waals surface area contributed by atoms with E-state index in [1.54, 1.807) is 36.5 Å². The highest BCUT2D eigenvalue weighted by Gasteiger charge is 2.60. The molecule has 2 atom stereocenters. The molecular formula is C27H27F7N2O3. The molecule has 0 spiro atoms. The Morgan fingerprint density at radius 3 is 2.31 bits per heavy atom. The van der Waals surface area contributed by atoms with Gasteiger partial charge in [-0.2, -0.15) is 26.3 Å². The highest BCUT2D eigenvalue weighted by molar-refractivity contribution is 5.91. The van der Waals surface area contributed by atoms with E-state index >= 15 is 0 Å². The normalized spacial score (nSPS) is 17.3. The van der Waals surface area contributed by atoms with Gasteiger partial charge in [-0.05, 0) is 62.2 Å². The van der Waals surface area contributed by atoms with Crippen molar-refractivity contribution in [3.05, 3.63) is 66.1 Å². The lowest BCUT2D eigenvalue weighted by molar-refractivity contribution is -0.233. The van der Waals surface area contributed by atoms with E-state index in [9.17, 15) is 35.8 Å². The Morgan fingerprint density at radius 1 is 1.08 bits per heavy atom. The summed E-state index contributed by atoms with van der Waals surface area (Å²) in [6.07, 6.45) is -9.43. The summed E-state index contributed by atoms with van der Waals surface area (Å²) in [5, 5.41) is 19.5. The minimum absolute atomic E-state index is 0.265. The van der Waals surface area contributed by atoms with E-state index in [-0.39, 0.29) is 5.69 Å². The topological polar surface area (TPSA) is 74.9 Å². The molecule has 39 heavy (non-hydrogen) atoms. The second kappa shape index (κ2) is 11.5. The van der Waals surface area contributed by atoms with Crippen molar-refractivity contribution in [2.75, 3.05) is 7.11 Å². The van der Waals surface area contributed by atoms with Crippen LogP contribution < -0.4 is 4.74 Å². The summed E-state index contributed by atoms with van der Waals surface area (Å²) in [6.45, 7) is 1.10. The predicted molar refractivity (Wildman–Crippen MR) is 132 cm³/mol. The molecule has 0 aliphatic heterocycles. The number of benzene rings is 2. The minimum atomic E-state index is -4.98. The van der Waals surface area contributed by atoms with Gasteiger partial charge in [0.25, 0.3) is 0 Å². The van der Waals surface area contributed by atoms with Crippen LogP contribution in [-0.4, -0.2) is 52.6 Å². The Hall–Kier alpha value is -3.25. The van der Waals surface area contributed by atoms with Crippen LogP contribution in [0.1, 0.15) is 38.2 Å². The van der Waals surface area contributed by atoms with Crippen molar-refractivity contribution in [3.8, 4) is 5.75 Å². The van der Waals surface area contributed by atoms with Gasteiger partial charge in [0, 0.05) is 35.2 Å². The van der Waals surface area contributed by atoms with E-state index in [0.29, 0.717) is 41.3 Å². The molecule has 1 fully saturated rings. The van der Waals surface area contributed by atoms with Crippen molar-refractivity contribution in [1.82, 2.24) is 4.98 Å². The Bertz CT molecular complexity index is 1300. The number of pyridine rings is 1. The van der Waals surface area contributed by atoms with Gasteiger partial charge >= 0.3 is 12.4 Å². The number of methoxy groups -OCH3 is 1. The van der Waals surface area contributed by atoms with Gasteiger partial charge in [-0.1, -0.05) is 6.07 Å². The SMILES string of the molecule is CC(O)CC(F)(F)F.COc1ccc(F)cc1C1(CC(O)(/C=N\c2cccc3ncccc23)C(F)(F)F)CC1. The summed E-state index contributed by atoms with van der Waals surface area (Å²) in [4.78, 5) is 8.16. The van der Waals surface area contributed by atoms with Crippen LogP contribution >= 0.6 is 0 Å². The number of fused-ring (bicyclic) bond motifs is 1. The smallest absolute Gasteiger partial charge is 0.422 e. The average molecular weight is 561 g/mol. The maximum Gasteiger partial charge on any atom is 0.422 e. The first-order chi connectivity index (χ1) is 18.1. The monoisotopic (exact) mass is 560 g/mol. The summed E-state index contributed by atoms with van der Waals surface area (Å²) in [6, 6.07) is 12.0. The second-order valence-corrected chi connectivity index (χ2v) is 9.50. The molecule has 3 aromatic rings. The molecule has 2 aromatic carbocycles. The van der Waals surface area contributed by atoms with Crippen LogP contribution in [0, 0.1) is 5.82 Å². The summed E-state index contributed by atoms with van der Waals surface area (Å²) in [7, 11) is 1.37. The number of hydrogen-bond acceptors (Lipinski definition) is 5. The first kappa shape index (κ1) is 30.3. The molecule has 5 nitrogen and oxygen atoms in total. The average Bonchev–Trinajstić information content (AvgIpc) is 3.61. The minimum Gasteiger partial charge on any atom is -0.496 e. The lowest BCUT2D eigenvalue weighted by Crippen LogP contribution is -2.49. The Balaban J connectivity index is 0.000000459. The van der Waals surface area contributed by atoms with E-state index in [4.69, 9.17) is 9.84 Å². The quantitative estimate of drug-likeness (QED) is 0.246. The molecule has 0 saturated heterocycles. The van der Waals surface area contributed by atoms with Crippen molar-refractivity contribution < 1.29 is 45.7 Å². The predicted octanol–water partition coefficient (Wildman–Crippen LogP) is 6.82. The third-order valence-electron chi connectivity index (χ3n) is 6.25. The first-order valence-electron chi connectivity index (χ1n) is 11.9. The summed E-state index contributed by atoms with van der Waals surface area (Å²) >= 11 is 0. The molecule has 0 amide bonds. The van der Waals surface area contributed by atoms with Crippen LogP contribution in [-0.2, 0) is 5.41 Å². The van der Waals surface area contributed by atoms with Gasteiger partial charge in [-0.3, -0.25) is 9.98 Å². The maximum absolute atomic E-state index is 14.0. The van der Waals surface area contributed by atoms with Crippen LogP contribution in [0.4, 0.5) is 36.4 Å². The Kier molecular flexibility index (Phi) is 8.91. The van der Waals surface area contributed by atoms with Gasteiger partial charge in [-0.15, -0.1) is 0 Å². The zero-order chi connectivity index (χ0) is 29.1. The van der Waals surface area contributed by atoms with E-state index in [1.165, 1.54) is 25.3 Å². The number of aliphatic imine (C=N–C) groups is 1. The van der Waals surface area contributed by atoms with Gasteiger partial charge in [0.1, 0.15) is 11.6 Å². The first-order valence-corrected chi connectivity index (χ1v) is 11.9. The van der Waals surface area contributed by atoms with E-state index in [1.807, 2.05) is 0 Å². The van der Waals surface area contributed by atoms with Crippen molar-refractivity contribution >= 4 is 22.8 Å². The third kappa shape index (κ3) is 7.66. The van der Waals surface area contributed by atoms with Crippen molar-refractivity contribution in [3.63, 3.8) is 0 Å². The molecule has 1 saturated carbocycles. The molecule has 1 aromatic heterocycles. The Labute approximate surface area is 220 Å². The fourth-order valence-electron chi connectivity index (χ4n) is 4.23. The second-order valence-electron chi connectivity index (χ2n) is 9.50. The number of aliphatic hydroxyl groups is 2. The maximum atomic E-state index is 14.0. The molecule has 212 valence electrons. The van der Waals surface area contributed by atoms with Crippen molar-refractivity contribution in [2.24, 2.45) is 4.99 Å². The fourth-order valence-corrected chi connectivity index (χ4v) is 4.23. The number of alkyl halides is 6. The summed E-state index contributed by atoms with van der Waals surface area (Å²) in [5.74, 6) is -0.282. The fraction of sp³-hybridized carbons (Fsp3) is 0.407.